The number of carbonyl (C=O) groups is 4. The molecule has 1 atom stereocenters. The van der Waals surface area contributed by atoms with Crippen LogP contribution in [0, 0.1) is 0 Å². The molecule has 3 N–H and O–H groups in total. The standard InChI is InChI=1S/C23H30N4O6S/c28-20-10-9-19(21(29)26-20)27-22(30)17-8-7-15(12-18(17)23(27)31)6-4-2-1-3-5-11-25-34(32,33)16-13-24-14-16/h7-8,12,16,19,24-25H,1-6,9-11,13-14H2,(H,26,28,29). The molecule has 1 aromatic rings. The Labute approximate surface area is 198 Å². The van der Waals surface area contributed by atoms with E-state index in [9.17, 15) is 27.6 Å². The van der Waals surface area contributed by atoms with E-state index in [1.807, 2.05) is 6.07 Å². The minimum atomic E-state index is -3.19. The van der Waals surface area contributed by atoms with Gasteiger partial charge >= 0.3 is 0 Å². The fraction of sp³-hybridized carbons (Fsp3) is 0.565. The number of amides is 4. The zero-order valence-corrected chi connectivity index (χ0v) is 19.8. The number of imide groups is 2. The van der Waals surface area contributed by atoms with Crippen molar-refractivity contribution in [3.8, 4) is 0 Å². The molecule has 0 spiro atoms. The molecule has 11 heteroatoms. The predicted octanol–water partition coefficient (Wildman–Crippen LogP) is 0.472. The van der Waals surface area contributed by atoms with Gasteiger partial charge in [-0.3, -0.25) is 29.4 Å². The lowest BCUT2D eigenvalue weighted by atomic mass is 10.0. The number of piperidine rings is 1. The van der Waals surface area contributed by atoms with E-state index in [2.05, 4.69) is 15.4 Å². The molecule has 1 aromatic carbocycles. The second-order valence-corrected chi connectivity index (χ2v) is 11.1. The number of unbranched alkanes of at least 4 members (excludes halogenated alkanes) is 4. The quantitative estimate of drug-likeness (QED) is 0.302. The molecule has 0 bridgehead atoms. The Balaban J connectivity index is 1.20. The highest BCUT2D eigenvalue weighted by atomic mass is 32.2. The van der Waals surface area contributed by atoms with Crippen LogP contribution in [0.5, 0.6) is 0 Å². The lowest BCUT2D eigenvalue weighted by Crippen LogP contribution is -2.55. The molecule has 2 fully saturated rings. The molecule has 0 aliphatic carbocycles. The highest BCUT2D eigenvalue weighted by Crippen LogP contribution is 2.28. The number of benzene rings is 1. The average molecular weight is 491 g/mol. The smallest absolute Gasteiger partial charge is 0.262 e. The van der Waals surface area contributed by atoms with Gasteiger partial charge in [0.25, 0.3) is 11.8 Å². The van der Waals surface area contributed by atoms with Crippen molar-refractivity contribution in [2.75, 3.05) is 19.6 Å². The molecular weight excluding hydrogens is 460 g/mol. The Morgan fingerprint density at radius 1 is 0.941 bits per heavy atom. The van der Waals surface area contributed by atoms with Gasteiger partial charge in [-0.2, -0.15) is 0 Å². The fourth-order valence-corrected chi connectivity index (χ4v) is 5.81. The molecule has 4 amide bonds. The maximum atomic E-state index is 12.9. The zero-order chi connectivity index (χ0) is 24.3. The zero-order valence-electron chi connectivity index (χ0n) is 19.0. The number of nitrogens with one attached hydrogen (secondary N) is 3. The van der Waals surface area contributed by atoms with E-state index in [0.717, 1.165) is 49.0 Å². The van der Waals surface area contributed by atoms with Gasteiger partial charge in [0.15, 0.2) is 0 Å². The van der Waals surface area contributed by atoms with Gasteiger partial charge in [0.2, 0.25) is 21.8 Å². The summed E-state index contributed by atoms with van der Waals surface area (Å²) < 4.78 is 26.5. The Bertz CT molecular complexity index is 1100. The first-order valence-corrected chi connectivity index (χ1v) is 13.4. The molecule has 3 aliphatic heterocycles. The second-order valence-electron chi connectivity index (χ2n) is 9.06. The minimum absolute atomic E-state index is 0.0962. The Morgan fingerprint density at radius 2 is 1.65 bits per heavy atom. The Morgan fingerprint density at radius 3 is 2.35 bits per heavy atom. The van der Waals surface area contributed by atoms with Crippen molar-refractivity contribution in [1.29, 1.82) is 0 Å². The van der Waals surface area contributed by atoms with E-state index in [-0.39, 0.29) is 18.1 Å². The second kappa shape index (κ2) is 10.3. The van der Waals surface area contributed by atoms with E-state index in [0.29, 0.717) is 30.8 Å². The van der Waals surface area contributed by atoms with Crippen molar-refractivity contribution in [2.24, 2.45) is 0 Å². The van der Waals surface area contributed by atoms with Crippen LogP contribution in [0.4, 0.5) is 0 Å². The molecule has 0 aromatic heterocycles. The third kappa shape index (κ3) is 5.21. The molecular formula is C23H30N4O6S. The van der Waals surface area contributed by atoms with Crippen LogP contribution in [-0.4, -0.2) is 67.9 Å². The molecule has 34 heavy (non-hydrogen) atoms. The number of carbonyl (C=O) groups excluding carboxylic acids is 4. The van der Waals surface area contributed by atoms with Gasteiger partial charge in [-0.15, -0.1) is 0 Å². The molecule has 10 nitrogen and oxygen atoms in total. The summed E-state index contributed by atoms with van der Waals surface area (Å²) in [4.78, 5) is 50.1. The van der Waals surface area contributed by atoms with Crippen LogP contribution < -0.4 is 15.4 Å². The van der Waals surface area contributed by atoms with Crippen LogP contribution in [-0.2, 0) is 26.0 Å². The first kappa shape index (κ1) is 24.5. The summed E-state index contributed by atoms with van der Waals surface area (Å²) in [6.07, 6.45) is 5.60. The predicted molar refractivity (Wildman–Crippen MR) is 123 cm³/mol. The number of hydrogen-bond acceptors (Lipinski definition) is 7. The maximum Gasteiger partial charge on any atom is 0.262 e. The summed E-state index contributed by atoms with van der Waals surface area (Å²) in [6, 6.07) is 4.25. The number of aryl methyl sites for hydroxylation is 1. The molecule has 0 saturated carbocycles. The van der Waals surface area contributed by atoms with Crippen molar-refractivity contribution in [1.82, 2.24) is 20.3 Å². The number of fused-ring (bicyclic) bond motifs is 1. The third-order valence-electron chi connectivity index (χ3n) is 6.63. The summed E-state index contributed by atoms with van der Waals surface area (Å²) in [5, 5.41) is 4.85. The van der Waals surface area contributed by atoms with Gasteiger partial charge in [-0.1, -0.05) is 25.3 Å². The molecule has 2 saturated heterocycles. The highest BCUT2D eigenvalue weighted by Gasteiger charge is 2.44. The van der Waals surface area contributed by atoms with Crippen molar-refractivity contribution in [2.45, 2.75) is 62.7 Å². The Kier molecular flexibility index (Phi) is 7.44. The minimum Gasteiger partial charge on any atom is -0.314 e. The monoisotopic (exact) mass is 490 g/mol. The van der Waals surface area contributed by atoms with Crippen LogP contribution in [0.15, 0.2) is 18.2 Å². The molecule has 0 radical (unpaired) electrons. The van der Waals surface area contributed by atoms with Gasteiger partial charge in [0, 0.05) is 26.1 Å². The van der Waals surface area contributed by atoms with Gasteiger partial charge in [-0.05, 0) is 43.4 Å². The molecule has 3 aliphatic rings. The van der Waals surface area contributed by atoms with E-state index in [4.69, 9.17) is 0 Å². The van der Waals surface area contributed by atoms with Gasteiger partial charge in [0.1, 0.15) is 11.3 Å². The lowest BCUT2D eigenvalue weighted by molar-refractivity contribution is -0.136. The third-order valence-corrected chi connectivity index (χ3v) is 8.45. The topological polar surface area (TPSA) is 142 Å². The SMILES string of the molecule is O=C1CCC(N2C(=O)c3ccc(CCCCCCCNS(=O)(=O)C4CNC4)cc3C2=O)C(=O)N1. The van der Waals surface area contributed by atoms with Gasteiger partial charge in [0.05, 0.1) is 11.1 Å². The summed E-state index contributed by atoms with van der Waals surface area (Å²) in [6.45, 7) is 1.50. The van der Waals surface area contributed by atoms with Crippen molar-refractivity contribution < 1.29 is 27.6 Å². The van der Waals surface area contributed by atoms with Crippen molar-refractivity contribution in [3.63, 3.8) is 0 Å². The Hall–Kier alpha value is -2.63. The van der Waals surface area contributed by atoms with E-state index in [1.54, 1.807) is 12.1 Å². The molecule has 184 valence electrons. The van der Waals surface area contributed by atoms with Crippen LogP contribution in [0.3, 0.4) is 0 Å². The van der Waals surface area contributed by atoms with E-state index < -0.39 is 39.7 Å². The normalized spacial score (nSPS) is 20.9. The van der Waals surface area contributed by atoms with Gasteiger partial charge < -0.3 is 5.32 Å². The molecule has 1 unspecified atom stereocenters. The van der Waals surface area contributed by atoms with Crippen LogP contribution in [0.25, 0.3) is 0 Å². The molecule has 3 heterocycles. The summed E-state index contributed by atoms with van der Waals surface area (Å²) in [5.41, 5.74) is 1.55. The summed E-state index contributed by atoms with van der Waals surface area (Å²) in [5.74, 6) is -1.99. The maximum absolute atomic E-state index is 12.9. The number of sulfonamides is 1. The van der Waals surface area contributed by atoms with Crippen molar-refractivity contribution in [3.05, 3.63) is 34.9 Å². The summed E-state index contributed by atoms with van der Waals surface area (Å²) in [7, 11) is -3.19. The van der Waals surface area contributed by atoms with Crippen LogP contribution in [0.1, 0.15) is 71.2 Å². The average Bonchev–Trinajstić information content (AvgIpc) is 2.98. The van der Waals surface area contributed by atoms with E-state index in [1.165, 1.54) is 0 Å². The van der Waals surface area contributed by atoms with Gasteiger partial charge in [-0.25, -0.2) is 13.1 Å². The number of nitrogens with zero attached hydrogens (tertiary/aromatic N) is 1. The number of hydrogen-bond donors (Lipinski definition) is 3. The van der Waals surface area contributed by atoms with Crippen LogP contribution >= 0.6 is 0 Å². The largest absolute Gasteiger partial charge is 0.314 e. The first-order valence-electron chi connectivity index (χ1n) is 11.8. The summed E-state index contributed by atoms with van der Waals surface area (Å²) >= 11 is 0. The van der Waals surface area contributed by atoms with Crippen molar-refractivity contribution >= 4 is 33.7 Å². The van der Waals surface area contributed by atoms with E-state index >= 15 is 0 Å². The lowest BCUT2D eigenvalue weighted by Gasteiger charge is -2.27. The van der Waals surface area contributed by atoms with Crippen LogP contribution in [0.2, 0.25) is 0 Å². The fourth-order valence-electron chi connectivity index (χ4n) is 4.47. The highest BCUT2D eigenvalue weighted by molar-refractivity contribution is 7.90. The molecule has 4 rings (SSSR count). The number of rotatable bonds is 11. The first-order chi connectivity index (χ1) is 16.3.